The third kappa shape index (κ3) is 4.07. The molecule has 0 aliphatic rings. The predicted molar refractivity (Wildman–Crippen MR) is 195 cm³/mol. The van der Waals surface area contributed by atoms with Gasteiger partial charge in [0.2, 0.25) is 0 Å². The van der Waals surface area contributed by atoms with Crippen LogP contribution in [0.3, 0.4) is 0 Å². The first kappa shape index (κ1) is 27.4. The monoisotopic (exact) mass is 610 g/mol. The van der Waals surface area contributed by atoms with Crippen LogP contribution >= 0.6 is 0 Å². The molecule has 9 rings (SSSR count). The third-order valence-corrected chi connectivity index (χ3v) is 9.43. The van der Waals surface area contributed by atoms with Crippen molar-refractivity contribution in [1.29, 1.82) is 10.5 Å². The highest BCUT2D eigenvalue weighted by molar-refractivity contribution is 6.11. The minimum atomic E-state index is 0.545. The summed E-state index contributed by atoms with van der Waals surface area (Å²) in [5.41, 5.74) is 11.4. The summed E-state index contributed by atoms with van der Waals surface area (Å²) >= 11 is 0. The second-order valence-corrected chi connectivity index (χ2v) is 12.0. The maximum Gasteiger partial charge on any atom is 0.101 e. The van der Waals surface area contributed by atoms with Crippen LogP contribution in [-0.4, -0.2) is 9.13 Å². The quantitative estimate of drug-likeness (QED) is 0.199. The van der Waals surface area contributed by atoms with Crippen LogP contribution in [-0.2, 0) is 0 Å². The van der Waals surface area contributed by atoms with E-state index in [-0.39, 0.29) is 0 Å². The molecule has 0 saturated carbocycles. The molecule has 48 heavy (non-hydrogen) atoms. The zero-order chi connectivity index (χ0) is 32.2. The fraction of sp³-hybridized carbons (Fsp3) is 0. The lowest BCUT2D eigenvalue weighted by atomic mass is 9.97. The Hall–Kier alpha value is -6.88. The Bertz CT molecular complexity index is 2750. The van der Waals surface area contributed by atoms with Crippen molar-refractivity contribution in [3.8, 4) is 45.8 Å². The minimum Gasteiger partial charge on any atom is -0.309 e. The smallest absolute Gasteiger partial charge is 0.101 e. The Morgan fingerprint density at radius 1 is 0.375 bits per heavy atom. The van der Waals surface area contributed by atoms with Crippen molar-refractivity contribution in [3.05, 3.63) is 169 Å². The summed E-state index contributed by atoms with van der Waals surface area (Å²) < 4.78 is 4.42. The summed E-state index contributed by atoms with van der Waals surface area (Å²) in [6, 6.07) is 59.0. The van der Waals surface area contributed by atoms with Crippen molar-refractivity contribution in [2.45, 2.75) is 0 Å². The van der Waals surface area contributed by atoms with Crippen molar-refractivity contribution in [3.63, 3.8) is 0 Å². The van der Waals surface area contributed by atoms with Crippen LogP contribution in [0.4, 0.5) is 0 Å². The van der Waals surface area contributed by atoms with Crippen molar-refractivity contribution >= 4 is 43.6 Å². The van der Waals surface area contributed by atoms with E-state index in [1.54, 1.807) is 0 Å². The fourth-order valence-electron chi connectivity index (χ4n) is 7.30. The van der Waals surface area contributed by atoms with E-state index in [1.165, 1.54) is 21.8 Å². The van der Waals surface area contributed by atoms with E-state index < -0.39 is 0 Å². The molecule has 0 saturated heterocycles. The number of rotatable bonds is 4. The van der Waals surface area contributed by atoms with Gasteiger partial charge in [-0.05, 0) is 59.2 Å². The molecule has 0 bridgehead atoms. The molecule has 9 aromatic rings. The average Bonchev–Trinajstić information content (AvgIpc) is 3.68. The van der Waals surface area contributed by atoms with E-state index in [0.717, 1.165) is 55.4 Å². The van der Waals surface area contributed by atoms with Gasteiger partial charge in [-0.3, -0.25) is 0 Å². The normalized spacial score (nSPS) is 11.3. The zero-order valence-corrected chi connectivity index (χ0v) is 25.8. The molecule has 0 N–H and O–H groups in total. The molecule has 0 aliphatic heterocycles. The Kier molecular flexibility index (Phi) is 6.22. The van der Waals surface area contributed by atoms with Crippen LogP contribution in [0.2, 0.25) is 0 Å². The van der Waals surface area contributed by atoms with Crippen LogP contribution < -0.4 is 0 Å². The second kappa shape index (κ2) is 10.9. The van der Waals surface area contributed by atoms with Gasteiger partial charge >= 0.3 is 0 Å². The van der Waals surface area contributed by atoms with Crippen LogP contribution in [0.5, 0.6) is 0 Å². The minimum absolute atomic E-state index is 0.545. The molecule has 0 amide bonds. The Labute approximate surface area is 277 Å². The highest BCUT2D eigenvalue weighted by Crippen LogP contribution is 2.38. The molecular weight excluding hydrogens is 585 g/mol. The molecule has 0 radical (unpaired) electrons. The van der Waals surface area contributed by atoms with Gasteiger partial charge < -0.3 is 9.13 Å². The van der Waals surface area contributed by atoms with Gasteiger partial charge in [0.05, 0.1) is 44.6 Å². The maximum atomic E-state index is 10.4. The van der Waals surface area contributed by atoms with Crippen LogP contribution in [0.15, 0.2) is 158 Å². The summed E-state index contributed by atoms with van der Waals surface area (Å²) in [4.78, 5) is 0. The molecular formula is C44H26N4. The van der Waals surface area contributed by atoms with E-state index in [0.29, 0.717) is 11.1 Å². The maximum absolute atomic E-state index is 10.4. The summed E-state index contributed by atoms with van der Waals surface area (Å²) in [6.07, 6.45) is 0. The summed E-state index contributed by atoms with van der Waals surface area (Å²) in [6.45, 7) is 0. The first-order valence-electron chi connectivity index (χ1n) is 15.9. The second-order valence-electron chi connectivity index (χ2n) is 12.0. The standard InChI is InChI=1S/C44H26N4/c45-27-32-10-9-15-38-37-14-4-8-19-43(37)48(44(32)38)39-25-24-31(26-33(39)28-46)29-20-22-30(23-21-29)34-11-1-5-16-40(34)47-41-17-6-2-12-35(41)36-13-3-7-18-42(36)47/h1-26H. The van der Waals surface area contributed by atoms with Crippen LogP contribution in [0.25, 0.3) is 77.2 Å². The first-order chi connectivity index (χ1) is 23.7. The first-order valence-corrected chi connectivity index (χ1v) is 15.9. The SMILES string of the molecule is N#Cc1cc(-c2ccc(-c3ccccc3-n3c4ccccc4c4ccccc43)cc2)ccc1-n1c2ccccc2c2cccc(C#N)c21. The van der Waals surface area contributed by atoms with Gasteiger partial charge in [-0.25, -0.2) is 0 Å². The van der Waals surface area contributed by atoms with E-state index in [4.69, 9.17) is 0 Å². The number of para-hydroxylation sites is 5. The number of fused-ring (bicyclic) bond motifs is 6. The van der Waals surface area contributed by atoms with Crippen molar-refractivity contribution in [2.75, 3.05) is 0 Å². The number of aromatic nitrogens is 2. The van der Waals surface area contributed by atoms with Gasteiger partial charge in [0, 0.05) is 27.1 Å². The molecule has 222 valence electrons. The molecule has 2 heterocycles. The number of nitrogens with zero attached hydrogens (tertiary/aromatic N) is 4. The van der Waals surface area contributed by atoms with Crippen LogP contribution in [0, 0.1) is 22.7 Å². The highest BCUT2D eigenvalue weighted by Gasteiger charge is 2.19. The van der Waals surface area contributed by atoms with Crippen molar-refractivity contribution in [2.24, 2.45) is 0 Å². The number of hydrogen-bond acceptors (Lipinski definition) is 2. The number of benzene rings is 7. The largest absolute Gasteiger partial charge is 0.309 e. The molecule has 7 aromatic carbocycles. The molecule has 4 nitrogen and oxygen atoms in total. The van der Waals surface area contributed by atoms with Crippen LogP contribution in [0.1, 0.15) is 11.1 Å². The molecule has 4 heteroatoms. The fourth-order valence-corrected chi connectivity index (χ4v) is 7.30. The van der Waals surface area contributed by atoms with Gasteiger partial charge in [0.15, 0.2) is 0 Å². The summed E-state index contributed by atoms with van der Waals surface area (Å²) in [7, 11) is 0. The van der Waals surface area contributed by atoms with Gasteiger partial charge in [-0.15, -0.1) is 0 Å². The van der Waals surface area contributed by atoms with Crippen molar-refractivity contribution in [1.82, 2.24) is 9.13 Å². The zero-order valence-electron chi connectivity index (χ0n) is 25.8. The Balaban J connectivity index is 1.15. The lowest BCUT2D eigenvalue weighted by Gasteiger charge is -2.15. The van der Waals surface area contributed by atoms with Gasteiger partial charge in [-0.2, -0.15) is 10.5 Å². The average molecular weight is 611 g/mol. The van der Waals surface area contributed by atoms with E-state index in [2.05, 4.69) is 130 Å². The molecule has 0 spiro atoms. The molecule has 0 unspecified atom stereocenters. The molecule has 0 fully saturated rings. The lowest BCUT2D eigenvalue weighted by Crippen LogP contribution is -1.99. The summed E-state index contributed by atoms with van der Waals surface area (Å²) in [5.74, 6) is 0. The topological polar surface area (TPSA) is 57.4 Å². The molecule has 2 aromatic heterocycles. The van der Waals surface area contributed by atoms with E-state index in [1.807, 2.05) is 48.5 Å². The molecule has 0 aliphatic carbocycles. The Morgan fingerprint density at radius 3 is 1.56 bits per heavy atom. The predicted octanol–water partition coefficient (Wildman–Crippen LogP) is 11.0. The Morgan fingerprint density at radius 2 is 0.896 bits per heavy atom. The number of hydrogen-bond donors (Lipinski definition) is 0. The van der Waals surface area contributed by atoms with E-state index in [9.17, 15) is 10.5 Å². The van der Waals surface area contributed by atoms with Gasteiger partial charge in [0.1, 0.15) is 12.1 Å². The van der Waals surface area contributed by atoms with Crippen molar-refractivity contribution < 1.29 is 0 Å². The number of nitriles is 2. The highest BCUT2D eigenvalue weighted by atomic mass is 15.0. The van der Waals surface area contributed by atoms with E-state index >= 15 is 0 Å². The summed E-state index contributed by atoms with van der Waals surface area (Å²) in [5, 5.41) is 24.9. The van der Waals surface area contributed by atoms with Gasteiger partial charge in [0.25, 0.3) is 0 Å². The molecule has 0 atom stereocenters. The van der Waals surface area contributed by atoms with Gasteiger partial charge in [-0.1, -0.05) is 115 Å². The lowest BCUT2D eigenvalue weighted by molar-refractivity contribution is 1.16. The third-order valence-electron chi connectivity index (χ3n) is 9.43.